The highest BCUT2D eigenvalue weighted by Gasteiger charge is 2.35. The summed E-state index contributed by atoms with van der Waals surface area (Å²) in [6.07, 6.45) is 7.62. The summed E-state index contributed by atoms with van der Waals surface area (Å²) in [4.78, 5) is 10.7. The van der Waals surface area contributed by atoms with Crippen molar-refractivity contribution in [3.05, 3.63) is 0 Å². The van der Waals surface area contributed by atoms with Crippen LogP contribution in [0.2, 0.25) is 0 Å². The minimum absolute atomic E-state index is 0.0397. The van der Waals surface area contributed by atoms with E-state index in [1.807, 2.05) is 13.8 Å². The van der Waals surface area contributed by atoms with Gasteiger partial charge in [-0.3, -0.25) is 0 Å². The first kappa shape index (κ1) is 14.7. The van der Waals surface area contributed by atoms with Gasteiger partial charge in [0, 0.05) is 12.3 Å². The fourth-order valence-electron chi connectivity index (χ4n) is 2.35. The monoisotopic (exact) mass is 242 g/mol. The Morgan fingerprint density at radius 3 is 2.71 bits per heavy atom. The van der Waals surface area contributed by atoms with Crippen LogP contribution >= 0.6 is 0 Å². The van der Waals surface area contributed by atoms with E-state index in [-0.39, 0.29) is 6.10 Å². The summed E-state index contributed by atoms with van der Waals surface area (Å²) in [5.74, 6) is -0.154. The number of hydrogen-bond acceptors (Lipinski definition) is 3. The molecule has 3 heteroatoms. The van der Waals surface area contributed by atoms with Crippen molar-refractivity contribution < 1.29 is 14.3 Å². The van der Waals surface area contributed by atoms with E-state index in [0.717, 1.165) is 19.3 Å². The normalized spacial score (nSPS) is 27.9. The largest absolute Gasteiger partial charge is 0.350 e. The first-order valence-electron chi connectivity index (χ1n) is 6.84. The Morgan fingerprint density at radius 2 is 2.06 bits per heavy atom. The maximum Gasteiger partial charge on any atom is 0.163 e. The molecular weight excluding hydrogens is 216 g/mol. The van der Waals surface area contributed by atoms with E-state index < -0.39 is 5.79 Å². The third kappa shape index (κ3) is 5.17. The predicted octanol–water partition coefficient (Wildman–Crippen LogP) is 3.31. The molecule has 0 aromatic carbocycles. The van der Waals surface area contributed by atoms with Gasteiger partial charge < -0.3 is 14.3 Å². The fraction of sp³-hybridized carbons (Fsp3) is 0.929. The van der Waals surface area contributed by atoms with Crippen LogP contribution in [0.1, 0.15) is 59.3 Å². The number of hydrogen-bond donors (Lipinski definition) is 0. The van der Waals surface area contributed by atoms with Gasteiger partial charge in [0.2, 0.25) is 0 Å². The molecule has 1 rings (SSSR count). The maximum atomic E-state index is 10.7. The van der Waals surface area contributed by atoms with Crippen LogP contribution in [0.25, 0.3) is 0 Å². The molecule has 1 heterocycles. The first-order valence-corrected chi connectivity index (χ1v) is 6.84. The molecule has 100 valence electrons. The molecule has 1 aliphatic rings. The Balaban J connectivity index is 2.37. The summed E-state index contributed by atoms with van der Waals surface area (Å²) >= 11 is 0. The molecular formula is C14H26O3. The molecule has 1 saturated heterocycles. The molecule has 0 N–H and O–H groups in total. The zero-order chi connectivity index (χ0) is 12.7. The summed E-state index contributed by atoms with van der Waals surface area (Å²) in [5, 5.41) is 0. The average molecular weight is 242 g/mol. The Bertz CT molecular complexity index is 226. The maximum absolute atomic E-state index is 10.7. The summed E-state index contributed by atoms with van der Waals surface area (Å²) in [6.45, 7) is 6.76. The second-order valence-electron chi connectivity index (χ2n) is 5.38. The van der Waals surface area contributed by atoms with E-state index in [1.54, 1.807) is 0 Å². The van der Waals surface area contributed by atoms with Crippen LogP contribution in [0.4, 0.5) is 0 Å². The number of carbonyl (C=O) groups is 1. The SMILES string of the molecule is CCCCCC[C@@H]1COC(C)(C)O[C@H]1CC=O. The molecule has 0 unspecified atom stereocenters. The number of ether oxygens (including phenoxy) is 2. The van der Waals surface area contributed by atoms with Gasteiger partial charge in [0.15, 0.2) is 5.79 Å². The van der Waals surface area contributed by atoms with Gasteiger partial charge in [-0.15, -0.1) is 0 Å². The zero-order valence-corrected chi connectivity index (χ0v) is 11.4. The number of unbranched alkanes of at least 4 members (excludes halogenated alkanes) is 3. The van der Waals surface area contributed by atoms with E-state index in [4.69, 9.17) is 9.47 Å². The van der Waals surface area contributed by atoms with Crippen molar-refractivity contribution in [3.63, 3.8) is 0 Å². The van der Waals surface area contributed by atoms with Crippen LogP contribution < -0.4 is 0 Å². The molecule has 0 saturated carbocycles. The second-order valence-corrected chi connectivity index (χ2v) is 5.38. The van der Waals surface area contributed by atoms with E-state index >= 15 is 0 Å². The highest BCUT2D eigenvalue weighted by atomic mass is 16.7. The third-order valence-corrected chi connectivity index (χ3v) is 3.36. The van der Waals surface area contributed by atoms with Crippen LogP contribution in [0, 0.1) is 5.92 Å². The smallest absolute Gasteiger partial charge is 0.163 e. The zero-order valence-electron chi connectivity index (χ0n) is 11.4. The molecule has 1 fully saturated rings. The molecule has 2 atom stereocenters. The van der Waals surface area contributed by atoms with Crippen molar-refractivity contribution in [2.45, 2.75) is 71.2 Å². The van der Waals surface area contributed by atoms with Gasteiger partial charge in [-0.05, 0) is 20.3 Å². The Kier molecular flexibility index (Phi) is 6.14. The molecule has 0 aliphatic carbocycles. The first-order chi connectivity index (χ1) is 8.09. The average Bonchev–Trinajstić information content (AvgIpc) is 2.26. The molecule has 17 heavy (non-hydrogen) atoms. The lowest BCUT2D eigenvalue weighted by Crippen LogP contribution is -2.45. The van der Waals surface area contributed by atoms with Crippen molar-refractivity contribution in [3.8, 4) is 0 Å². The molecule has 0 amide bonds. The van der Waals surface area contributed by atoms with Gasteiger partial charge in [-0.25, -0.2) is 0 Å². The van der Waals surface area contributed by atoms with Crippen LogP contribution in [0.5, 0.6) is 0 Å². The predicted molar refractivity (Wildman–Crippen MR) is 67.8 cm³/mol. The lowest BCUT2D eigenvalue weighted by molar-refractivity contribution is -0.292. The van der Waals surface area contributed by atoms with Crippen molar-refractivity contribution in [2.24, 2.45) is 5.92 Å². The topological polar surface area (TPSA) is 35.5 Å². The molecule has 0 bridgehead atoms. The summed E-state index contributed by atoms with van der Waals surface area (Å²) in [5.41, 5.74) is 0. The summed E-state index contributed by atoms with van der Waals surface area (Å²) in [7, 11) is 0. The third-order valence-electron chi connectivity index (χ3n) is 3.36. The van der Waals surface area contributed by atoms with Gasteiger partial charge in [-0.2, -0.15) is 0 Å². The Hall–Kier alpha value is -0.410. The van der Waals surface area contributed by atoms with E-state index in [9.17, 15) is 4.79 Å². The minimum Gasteiger partial charge on any atom is -0.350 e. The number of rotatable bonds is 7. The van der Waals surface area contributed by atoms with Gasteiger partial charge in [-0.1, -0.05) is 32.6 Å². The fourth-order valence-corrected chi connectivity index (χ4v) is 2.35. The lowest BCUT2D eigenvalue weighted by atomic mass is 9.92. The molecule has 0 aromatic heterocycles. The number of aldehydes is 1. The van der Waals surface area contributed by atoms with Crippen molar-refractivity contribution in [1.29, 1.82) is 0 Å². The molecule has 0 aromatic rings. The molecule has 1 aliphatic heterocycles. The quantitative estimate of drug-likeness (QED) is 0.507. The van der Waals surface area contributed by atoms with Crippen molar-refractivity contribution in [1.82, 2.24) is 0 Å². The highest BCUT2D eigenvalue weighted by molar-refractivity contribution is 5.50. The van der Waals surface area contributed by atoms with Crippen LogP contribution in [-0.2, 0) is 14.3 Å². The second kappa shape index (κ2) is 7.12. The van der Waals surface area contributed by atoms with Crippen LogP contribution in [-0.4, -0.2) is 24.8 Å². The molecule has 0 radical (unpaired) electrons. The van der Waals surface area contributed by atoms with Crippen LogP contribution in [0.3, 0.4) is 0 Å². The van der Waals surface area contributed by atoms with Crippen LogP contribution in [0.15, 0.2) is 0 Å². The van der Waals surface area contributed by atoms with E-state index in [0.29, 0.717) is 12.3 Å². The molecule has 3 nitrogen and oxygen atoms in total. The Labute approximate surface area is 105 Å². The van der Waals surface area contributed by atoms with E-state index in [1.165, 1.54) is 25.7 Å². The lowest BCUT2D eigenvalue weighted by Gasteiger charge is -2.40. The summed E-state index contributed by atoms with van der Waals surface area (Å²) < 4.78 is 11.5. The van der Waals surface area contributed by atoms with Crippen molar-refractivity contribution in [2.75, 3.05) is 6.61 Å². The van der Waals surface area contributed by atoms with Crippen molar-refractivity contribution >= 4 is 6.29 Å². The standard InChI is InChI=1S/C14H26O3/c1-4-5-6-7-8-12-11-16-14(2,3)17-13(12)9-10-15/h10,12-13H,4-9,11H2,1-3H3/t12-,13+/m1/s1. The highest BCUT2D eigenvalue weighted by Crippen LogP contribution is 2.30. The van der Waals surface area contributed by atoms with Gasteiger partial charge >= 0.3 is 0 Å². The summed E-state index contributed by atoms with van der Waals surface area (Å²) in [6, 6.07) is 0. The van der Waals surface area contributed by atoms with Gasteiger partial charge in [0.1, 0.15) is 6.29 Å². The van der Waals surface area contributed by atoms with Gasteiger partial charge in [0.05, 0.1) is 12.7 Å². The number of carbonyl (C=O) groups excluding carboxylic acids is 1. The molecule has 0 spiro atoms. The van der Waals surface area contributed by atoms with E-state index in [2.05, 4.69) is 6.92 Å². The Morgan fingerprint density at radius 1 is 1.29 bits per heavy atom. The van der Waals surface area contributed by atoms with Gasteiger partial charge in [0.25, 0.3) is 0 Å². The minimum atomic E-state index is -0.534.